The summed E-state index contributed by atoms with van der Waals surface area (Å²) >= 11 is 0. The monoisotopic (exact) mass is 441 g/mol. The molecule has 4 rings (SSSR count). The molecule has 1 aliphatic carbocycles. The van der Waals surface area contributed by atoms with Gasteiger partial charge in [0.15, 0.2) is 0 Å². The van der Waals surface area contributed by atoms with E-state index in [1.807, 2.05) is 6.07 Å². The smallest absolute Gasteiger partial charge is 0.275 e. The fourth-order valence-corrected chi connectivity index (χ4v) is 3.36. The fourth-order valence-electron chi connectivity index (χ4n) is 3.36. The van der Waals surface area contributed by atoms with Crippen LogP contribution in [0, 0.1) is 17.2 Å². The molecule has 0 radical (unpaired) electrons. The van der Waals surface area contributed by atoms with E-state index in [-0.39, 0.29) is 18.4 Å². The van der Waals surface area contributed by atoms with Crippen LogP contribution in [0.4, 0.5) is 11.5 Å². The lowest BCUT2D eigenvalue weighted by molar-refractivity contribution is -0.117. The molecule has 2 aromatic carbocycles. The number of pyridine rings is 1. The Hall–Kier alpha value is -4.22. The molecule has 1 heterocycles. The van der Waals surface area contributed by atoms with Crippen LogP contribution in [0.25, 0.3) is 0 Å². The van der Waals surface area contributed by atoms with E-state index in [4.69, 9.17) is 15.8 Å². The quantitative estimate of drug-likeness (QED) is 0.363. The molecule has 1 saturated carbocycles. The van der Waals surface area contributed by atoms with Gasteiger partial charge in [-0.3, -0.25) is 14.4 Å². The van der Waals surface area contributed by atoms with Crippen LogP contribution in [0.15, 0.2) is 60.8 Å². The number of hydrogen-bond acceptors (Lipinski definition) is 6. The summed E-state index contributed by atoms with van der Waals surface area (Å²) < 4.78 is 0. The molecule has 0 saturated heterocycles. The zero-order chi connectivity index (χ0) is 23.2. The highest BCUT2D eigenvalue weighted by atomic mass is 16.6. The molecule has 166 valence electrons. The number of hydrogen-bond donors (Lipinski definition) is 3. The van der Waals surface area contributed by atoms with Crippen molar-refractivity contribution < 1.29 is 14.4 Å². The van der Waals surface area contributed by atoms with Crippen molar-refractivity contribution in [1.82, 2.24) is 10.5 Å². The van der Waals surface area contributed by atoms with E-state index in [1.165, 1.54) is 0 Å². The van der Waals surface area contributed by atoms with E-state index in [0.29, 0.717) is 34.6 Å². The summed E-state index contributed by atoms with van der Waals surface area (Å²) in [5.74, 6) is 0.135. The van der Waals surface area contributed by atoms with E-state index < -0.39 is 5.91 Å². The number of carbonyl (C=O) groups excluding carboxylic acids is 2. The minimum Gasteiger partial charge on any atom is -0.398 e. The van der Waals surface area contributed by atoms with Crippen LogP contribution < -0.4 is 16.5 Å². The van der Waals surface area contributed by atoms with Crippen LogP contribution >= 0.6 is 0 Å². The Morgan fingerprint density at radius 1 is 1.12 bits per heavy atom. The molecule has 2 amide bonds. The second kappa shape index (κ2) is 9.94. The number of aromatic nitrogens is 1. The predicted octanol–water partition coefficient (Wildman–Crippen LogP) is 3.34. The number of carbonyl (C=O) groups is 2. The number of anilines is 2. The maximum atomic E-state index is 12.8. The number of nitriles is 1. The molecule has 8 nitrogen and oxygen atoms in total. The summed E-state index contributed by atoms with van der Waals surface area (Å²) in [6.45, 7) is 0.156. The summed E-state index contributed by atoms with van der Waals surface area (Å²) in [6.07, 6.45) is 3.84. The van der Waals surface area contributed by atoms with Gasteiger partial charge in [-0.25, -0.2) is 10.5 Å². The van der Waals surface area contributed by atoms with Gasteiger partial charge in [-0.1, -0.05) is 18.2 Å². The zero-order valence-electron chi connectivity index (χ0n) is 17.9. The lowest BCUT2D eigenvalue weighted by atomic mass is 9.98. The second-order valence-electron chi connectivity index (χ2n) is 7.89. The number of amides is 2. The van der Waals surface area contributed by atoms with Gasteiger partial charge in [-0.05, 0) is 65.9 Å². The van der Waals surface area contributed by atoms with Gasteiger partial charge in [0.2, 0.25) is 5.91 Å². The van der Waals surface area contributed by atoms with Gasteiger partial charge in [0.1, 0.15) is 5.82 Å². The fraction of sp³-hybridized carbons (Fsp3) is 0.200. The summed E-state index contributed by atoms with van der Waals surface area (Å²) in [5, 5.41) is 11.7. The van der Waals surface area contributed by atoms with E-state index in [0.717, 1.165) is 24.0 Å². The van der Waals surface area contributed by atoms with Gasteiger partial charge in [0, 0.05) is 29.8 Å². The van der Waals surface area contributed by atoms with Gasteiger partial charge >= 0.3 is 0 Å². The van der Waals surface area contributed by atoms with Crippen molar-refractivity contribution in [3.05, 3.63) is 88.6 Å². The highest BCUT2D eigenvalue weighted by Crippen LogP contribution is 2.30. The number of hydroxylamine groups is 1. The van der Waals surface area contributed by atoms with Crippen LogP contribution in [0.5, 0.6) is 0 Å². The van der Waals surface area contributed by atoms with E-state index in [1.54, 1.807) is 54.7 Å². The first-order valence-electron chi connectivity index (χ1n) is 10.6. The average molecular weight is 441 g/mol. The molecule has 33 heavy (non-hydrogen) atoms. The SMILES string of the molecule is N#Cc1ccc(CONC(=O)c2cccc(N)c2Cc2ccnc(NC(=O)C3CC3)c2)cc1. The van der Waals surface area contributed by atoms with Crippen molar-refractivity contribution in [3.8, 4) is 6.07 Å². The minimum atomic E-state index is -0.415. The topological polar surface area (TPSA) is 130 Å². The number of benzene rings is 2. The highest BCUT2D eigenvalue weighted by molar-refractivity contribution is 5.96. The standard InChI is InChI=1S/C25H23N5O3/c26-14-16-4-6-17(7-5-16)15-33-30-25(32)20-2-1-3-22(27)21(20)12-18-10-11-28-23(13-18)29-24(31)19-8-9-19/h1-7,10-11,13,19H,8-9,12,15,27H2,(H,30,32)(H,28,29,31). The number of nitrogens with zero attached hydrogens (tertiary/aromatic N) is 2. The molecule has 1 fully saturated rings. The molecular weight excluding hydrogens is 418 g/mol. The van der Waals surface area contributed by atoms with Crippen molar-refractivity contribution in [2.45, 2.75) is 25.9 Å². The Morgan fingerprint density at radius 2 is 1.91 bits per heavy atom. The van der Waals surface area contributed by atoms with Gasteiger partial charge in [0.05, 0.1) is 18.2 Å². The minimum absolute atomic E-state index is 0.0154. The van der Waals surface area contributed by atoms with Gasteiger partial charge in [-0.2, -0.15) is 5.26 Å². The Balaban J connectivity index is 1.42. The first-order valence-corrected chi connectivity index (χ1v) is 10.6. The van der Waals surface area contributed by atoms with Crippen molar-refractivity contribution in [2.24, 2.45) is 5.92 Å². The molecule has 4 N–H and O–H groups in total. The van der Waals surface area contributed by atoms with Crippen molar-refractivity contribution in [1.29, 1.82) is 5.26 Å². The Labute approximate surface area is 191 Å². The average Bonchev–Trinajstić information content (AvgIpc) is 3.67. The molecule has 1 aliphatic rings. The van der Waals surface area contributed by atoms with Crippen LogP contribution in [-0.2, 0) is 22.7 Å². The van der Waals surface area contributed by atoms with Gasteiger partial charge < -0.3 is 11.1 Å². The summed E-state index contributed by atoms with van der Waals surface area (Å²) in [7, 11) is 0. The predicted molar refractivity (Wildman–Crippen MR) is 123 cm³/mol. The van der Waals surface area contributed by atoms with Crippen molar-refractivity contribution >= 4 is 23.3 Å². The first kappa shape index (κ1) is 22.0. The first-order chi connectivity index (χ1) is 16.0. The Morgan fingerprint density at radius 3 is 2.64 bits per heavy atom. The summed E-state index contributed by atoms with van der Waals surface area (Å²) in [4.78, 5) is 34.4. The maximum Gasteiger partial charge on any atom is 0.275 e. The van der Waals surface area contributed by atoms with Crippen LogP contribution in [-0.4, -0.2) is 16.8 Å². The Bertz CT molecular complexity index is 1210. The number of nitrogens with one attached hydrogen (secondary N) is 2. The lowest BCUT2D eigenvalue weighted by Crippen LogP contribution is -2.25. The molecule has 0 unspecified atom stereocenters. The van der Waals surface area contributed by atoms with Crippen LogP contribution in [0.2, 0.25) is 0 Å². The summed E-state index contributed by atoms with van der Waals surface area (Å²) in [5.41, 5.74) is 12.4. The van der Waals surface area contributed by atoms with Gasteiger partial charge in [0.25, 0.3) is 5.91 Å². The molecule has 0 bridgehead atoms. The largest absolute Gasteiger partial charge is 0.398 e. The molecule has 0 atom stereocenters. The maximum absolute atomic E-state index is 12.8. The molecule has 3 aromatic rings. The van der Waals surface area contributed by atoms with E-state index in [9.17, 15) is 9.59 Å². The number of nitrogens with two attached hydrogens (primary N) is 1. The molecule has 0 spiro atoms. The van der Waals surface area contributed by atoms with Crippen LogP contribution in [0.3, 0.4) is 0 Å². The Kier molecular flexibility index (Phi) is 6.62. The second-order valence-corrected chi connectivity index (χ2v) is 7.89. The zero-order valence-corrected chi connectivity index (χ0v) is 17.9. The normalized spacial score (nSPS) is 12.6. The third-order valence-corrected chi connectivity index (χ3v) is 5.35. The third-order valence-electron chi connectivity index (χ3n) is 5.35. The lowest BCUT2D eigenvalue weighted by Gasteiger charge is -2.13. The van der Waals surface area contributed by atoms with Crippen molar-refractivity contribution in [2.75, 3.05) is 11.1 Å². The number of nitrogen functional groups attached to an aromatic ring is 1. The van der Waals surface area contributed by atoms with E-state index in [2.05, 4.69) is 21.9 Å². The molecule has 0 aliphatic heterocycles. The summed E-state index contributed by atoms with van der Waals surface area (Å²) in [6, 6.07) is 17.7. The highest BCUT2D eigenvalue weighted by Gasteiger charge is 2.29. The molecule has 1 aromatic heterocycles. The van der Waals surface area contributed by atoms with E-state index >= 15 is 0 Å². The third kappa shape index (κ3) is 5.73. The van der Waals surface area contributed by atoms with Gasteiger partial charge in [-0.15, -0.1) is 0 Å². The molecular formula is C25H23N5O3. The van der Waals surface area contributed by atoms with Crippen molar-refractivity contribution in [3.63, 3.8) is 0 Å². The number of rotatable bonds is 8. The van der Waals surface area contributed by atoms with Crippen LogP contribution in [0.1, 0.15) is 45.5 Å². The molecule has 8 heteroatoms.